The Labute approximate surface area is 166 Å². The smallest absolute Gasteiger partial charge is 0.259 e. The molecule has 0 atom stereocenters. The highest BCUT2D eigenvalue weighted by Crippen LogP contribution is 2.20. The highest BCUT2D eigenvalue weighted by Gasteiger charge is 2.15. The van der Waals surface area contributed by atoms with Crippen molar-refractivity contribution in [3.63, 3.8) is 0 Å². The van der Waals surface area contributed by atoms with Crippen molar-refractivity contribution in [2.45, 2.75) is 20.8 Å². The lowest BCUT2D eigenvalue weighted by Gasteiger charge is -2.05. The Kier molecular flexibility index (Phi) is 4.67. The van der Waals surface area contributed by atoms with E-state index in [0.717, 1.165) is 11.3 Å². The van der Waals surface area contributed by atoms with Crippen LogP contribution in [-0.2, 0) is 0 Å². The Morgan fingerprint density at radius 3 is 2.52 bits per heavy atom. The third-order valence-electron chi connectivity index (χ3n) is 4.49. The second-order valence-corrected chi connectivity index (χ2v) is 6.67. The monoisotopic (exact) mass is 391 g/mol. The van der Waals surface area contributed by atoms with Crippen LogP contribution < -0.4 is 5.32 Å². The minimum Gasteiger partial charge on any atom is -0.339 e. The molecule has 2 aromatic heterocycles. The van der Waals surface area contributed by atoms with Gasteiger partial charge in [-0.25, -0.2) is 9.07 Å². The van der Waals surface area contributed by atoms with Gasteiger partial charge in [-0.15, -0.1) is 0 Å². The second kappa shape index (κ2) is 7.31. The SMILES string of the molecule is Cc1nc(-c2ccc(-n3cc(C(=O)Nc4ccc(C)c(F)c4)c(C)n3)cc2)no1. The van der Waals surface area contributed by atoms with Gasteiger partial charge in [-0.05, 0) is 55.8 Å². The molecule has 146 valence electrons. The number of nitrogens with zero attached hydrogens (tertiary/aromatic N) is 4. The molecule has 2 heterocycles. The minimum atomic E-state index is -0.368. The van der Waals surface area contributed by atoms with Gasteiger partial charge < -0.3 is 9.84 Å². The molecule has 0 aliphatic heterocycles. The predicted molar refractivity (Wildman–Crippen MR) is 105 cm³/mol. The van der Waals surface area contributed by atoms with Gasteiger partial charge in [0.15, 0.2) is 0 Å². The van der Waals surface area contributed by atoms with E-state index >= 15 is 0 Å². The molecule has 0 fully saturated rings. The average Bonchev–Trinajstić information content (AvgIpc) is 3.31. The number of carbonyl (C=O) groups is 1. The van der Waals surface area contributed by atoms with E-state index in [2.05, 4.69) is 20.6 Å². The van der Waals surface area contributed by atoms with Crippen LogP contribution in [0, 0.1) is 26.6 Å². The van der Waals surface area contributed by atoms with Crippen LogP contribution in [0.15, 0.2) is 53.2 Å². The van der Waals surface area contributed by atoms with Gasteiger partial charge in [0, 0.05) is 24.4 Å². The Hall–Kier alpha value is -3.81. The summed E-state index contributed by atoms with van der Waals surface area (Å²) in [5.41, 5.74) is 3.47. The van der Waals surface area contributed by atoms with E-state index < -0.39 is 0 Å². The van der Waals surface area contributed by atoms with Crippen LogP contribution in [0.3, 0.4) is 0 Å². The summed E-state index contributed by atoms with van der Waals surface area (Å²) in [5.74, 6) is 0.287. The summed E-state index contributed by atoms with van der Waals surface area (Å²) in [6, 6.07) is 12.0. The molecular weight excluding hydrogens is 373 g/mol. The Morgan fingerprint density at radius 1 is 1.10 bits per heavy atom. The van der Waals surface area contributed by atoms with Gasteiger partial charge in [0.2, 0.25) is 11.7 Å². The molecule has 4 rings (SSSR count). The number of hydrogen-bond acceptors (Lipinski definition) is 5. The summed E-state index contributed by atoms with van der Waals surface area (Å²) in [4.78, 5) is 16.8. The quantitative estimate of drug-likeness (QED) is 0.562. The number of aromatic nitrogens is 4. The maximum Gasteiger partial charge on any atom is 0.259 e. The molecule has 0 spiro atoms. The van der Waals surface area contributed by atoms with Crippen LogP contribution in [0.25, 0.3) is 17.1 Å². The van der Waals surface area contributed by atoms with Gasteiger partial charge in [0.25, 0.3) is 5.91 Å². The van der Waals surface area contributed by atoms with E-state index in [4.69, 9.17) is 4.52 Å². The number of carbonyl (C=O) groups excluding carboxylic acids is 1. The fraction of sp³-hybridized carbons (Fsp3) is 0.143. The van der Waals surface area contributed by atoms with Crippen molar-refractivity contribution in [1.29, 1.82) is 0 Å². The third-order valence-corrected chi connectivity index (χ3v) is 4.49. The fourth-order valence-electron chi connectivity index (χ4n) is 2.86. The van der Waals surface area contributed by atoms with Crippen molar-refractivity contribution in [2.75, 3.05) is 5.32 Å². The number of halogens is 1. The van der Waals surface area contributed by atoms with Crippen molar-refractivity contribution in [2.24, 2.45) is 0 Å². The topological polar surface area (TPSA) is 85.8 Å². The predicted octanol–water partition coefficient (Wildman–Crippen LogP) is 4.24. The van der Waals surface area contributed by atoms with Crippen molar-refractivity contribution in [1.82, 2.24) is 19.9 Å². The Bertz CT molecular complexity index is 1190. The molecule has 0 aliphatic rings. The van der Waals surface area contributed by atoms with Gasteiger partial charge in [-0.1, -0.05) is 11.2 Å². The lowest BCUT2D eigenvalue weighted by atomic mass is 10.2. The number of hydrogen-bond donors (Lipinski definition) is 1. The summed E-state index contributed by atoms with van der Waals surface area (Å²) in [5, 5.41) is 11.0. The van der Waals surface area contributed by atoms with Gasteiger partial charge in [-0.2, -0.15) is 10.1 Å². The van der Waals surface area contributed by atoms with Gasteiger partial charge in [-0.3, -0.25) is 4.79 Å². The molecule has 0 bridgehead atoms. The maximum absolute atomic E-state index is 13.7. The van der Waals surface area contributed by atoms with E-state index in [1.165, 1.54) is 6.07 Å². The Morgan fingerprint density at radius 2 is 1.86 bits per heavy atom. The molecule has 0 radical (unpaired) electrons. The van der Waals surface area contributed by atoms with Crippen molar-refractivity contribution in [3.8, 4) is 17.1 Å². The first kappa shape index (κ1) is 18.5. The van der Waals surface area contributed by atoms with Crippen LogP contribution in [0.5, 0.6) is 0 Å². The molecule has 0 unspecified atom stereocenters. The average molecular weight is 391 g/mol. The van der Waals surface area contributed by atoms with Crippen molar-refractivity contribution >= 4 is 11.6 Å². The van der Waals surface area contributed by atoms with Crippen molar-refractivity contribution in [3.05, 3.63) is 77.2 Å². The maximum atomic E-state index is 13.7. The van der Waals surface area contributed by atoms with E-state index in [-0.39, 0.29) is 11.7 Å². The van der Waals surface area contributed by atoms with Gasteiger partial charge in [0.05, 0.1) is 16.9 Å². The molecule has 0 saturated carbocycles. The molecule has 2 aromatic carbocycles. The van der Waals surface area contributed by atoms with Crippen LogP contribution in [0.2, 0.25) is 0 Å². The molecular formula is C21H18FN5O2. The molecule has 1 amide bonds. The van der Waals surface area contributed by atoms with Crippen LogP contribution in [-0.4, -0.2) is 25.8 Å². The van der Waals surface area contributed by atoms with E-state index in [9.17, 15) is 9.18 Å². The first-order valence-corrected chi connectivity index (χ1v) is 8.95. The first-order chi connectivity index (χ1) is 13.9. The molecule has 7 nitrogen and oxygen atoms in total. The zero-order valence-corrected chi connectivity index (χ0v) is 16.1. The lowest BCUT2D eigenvalue weighted by molar-refractivity contribution is 0.102. The number of nitrogens with one attached hydrogen (secondary N) is 1. The molecule has 0 aliphatic carbocycles. The van der Waals surface area contributed by atoms with Crippen molar-refractivity contribution < 1.29 is 13.7 Å². The summed E-state index contributed by atoms with van der Waals surface area (Å²) in [7, 11) is 0. The van der Waals surface area contributed by atoms with Crippen LogP contribution >= 0.6 is 0 Å². The lowest BCUT2D eigenvalue weighted by Crippen LogP contribution is -2.12. The zero-order valence-electron chi connectivity index (χ0n) is 16.1. The van der Waals surface area contributed by atoms with Crippen LogP contribution in [0.1, 0.15) is 27.5 Å². The number of anilines is 1. The normalized spacial score (nSPS) is 10.9. The summed E-state index contributed by atoms with van der Waals surface area (Å²) >= 11 is 0. The van der Waals surface area contributed by atoms with E-state index in [1.54, 1.807) is 43.8 Å². The molecule has 0 saturated heterocycles. The second-order valence-electron chi connectivity index (χ2n) is 6.67. The van der Waals surface area contributed by atoms with E-state index in [1.807, 2.05) is 24.3 Å². The molecule has 29 heavy (non-hydrogen) atoms. The minimum absolute atomic E-state index is 0.351. The summed E-state index contributed by atoms with van der Waals surface area (Å²) < 4.78 is 20.3. The number of amides is 1. The Balaban J connectivity index is 1.55. The molecule has 8 heteroatoms. The first-order valence-electron chi connectivity index (χ1n) is 8.95. The third kappa shape index (κ3) is 3.77. The number of benzene rings is 2. The molecule has 1 N–H and O–H groups in total. The van der Waals surface area contributed by atoms with Crippen LogP contribution in [0.4, 0.5) is 10.1 Å². The van der Waals surface area contributed by atoms with E-state index in [0.29, 0.717) is 34.2 Å². The van der Waals surface area contributed by atoms with Gasteiger partial charge in [0.1, 0.15) is 5.82 Å². The summed E-state index contributed by atoms with van der Waals surface area (Å²) in [6.45, 7) is 5.15. The fourth-order valence-corrected chi connectivity index (χ4v) is 2.86. The highest BCUT2D eigenvalue weighted by atomic mass is 19.1. The largest absolute Gasteiger partial charge is 0.339 e. The highest BCUT2D eigenvalue weighted by molar-refractivity contribution is 6.04. The molecule has 4 aromatic rings. The summed E-state index contributed by atoms with van der Waals surface area (Å²) in [6.07, 6.45) is 1.64. The zero-order chi connectivity index (χ0) is 20.5. The standard InChI is InChI=1S/C21H18FN5O2/c1-12-4-7-16(10-19(12)22)24-21(28)18-11-27(25-13(18)2)17-8-5-15(6-9-17)20-23-14(3)29-26-20/h4-11H,1-3H3,(H,24,28). The number of rotatable bonds is 4. The van der Waals surface area contributed by atoms with Gasteiger partial charge >= 0.3 is 0 Å². The number of aryl methyl sites for hydroxylation is 3.